The van der Waals surface area contributed by atoms with Crippen LogP contribution in [0.2, 0.25) is 0 Å². The molecule has 1 amide bonds. The third kappa shape index (κ3) is 3.50. The van der Waals surface area contributed by atoms with Crippen LogP contribution >= 0.6 is 0 Å². The number of amides is 1. The van der Waals surface area contributed by atoms with Crippen LogP contribution in [-0.4, -0.2) is 33.8 Å². The number of aromatic amines is 1. The molecule has 1 fully saturated rings. The lowest BCUT2D eigenvalue weighted by Crippen LogP contribution is -2.38. The molecule has 2 atom stereocenters. The van der Waals surface area contributed by atoms with Crippen molar-refractivity contribution in [2.24, 2.45) is 11.3 Å². The van der Waals surface area contributed by atoms with E-state index >= 15 is 0 Å². The van der Waals surface area contributed by atoms with E-state index in [1.807, 2.05) is 13.8 Å². The van der Waals surface area contributed by atoms with Gasteiger partial charge >= 0.3 is 5.97 Å². The molecule has 0 unspecified atom stereocenters. The van der Waals surface area contributed by atoms with Crippen LogP contribution < -0.4 is 10.9 Å². The average molecular weight is 346 g/mol. The van der Waals surface area contributed by atoms with E-state index in [2.05, 4.69) is 10.3 Å². The maximum atomic E-state index is 12.4. The van der Waals surface area contributed by atoms with Crippen molar-refractivity contribution in [1.82, 2.24) is 10.3 Å². The third-order valence-corrected chi connectivity index (χ3v) is 5.08. The van der Waals surface area contributed by atoms with Gasteiger partial charge in [-0.2, -0.15) is 0 Å². The van der Waals surface area contributed by atoms with E-state index in [0.29, 0.717) is 43.4 Å². The normalized spacial score (nSPS) is 24.6. The Hall–Kier alpha value is -2.44. The number of pyridine rings is 1. The first-order valence-corrected chi connectivity index (χ1v) is 8.49. The Morgan fingerprint density at radius 1 is 1.24 bits per heavy atom. The fraction of sp³-hybridized carbons (Fsp3) is 0.556. The third-order valence-electron chi connectivity index (χ3n) is 5.08. The molecule has 0 bridgehead atoms. The molecule has 1 saturated carbocycles. The summed E-state index contributed by atoms with van der Waals surface area (Å²) in [5.41, 5.74) is 0.153. The van der Waals surface area contributed by atoms with Crippen molar-refractivity contribution in [2.45, 2.75) is 52.0 Å². The van der Waals surface area contributed by atoms with Crippen molar-refractivity contribution >= 4 is 17.7 Å². The highest BCUT2D eigenvalue weighted by Gasteiger charge is 2.34. The van der Waals surface area contributed by atoms with Gasteiger partial charge in [-0.1, -0.05) is 13.8 Å². The molecular formula is C18H22N2O5. The summed E-state index contributed by atoms with van der Waals surface area (Å²) in [5, 5.41) is 11.8. The van der Waals surface area contributed by atoms with Crippen molar-refractivity contribution in [3.05, 3.63) is 33.2 Å². The van der Waals surface area contributed by atoms with Gasteiger partial charge in [0.2, 0.25) is 0 Å². The van der Waals surface area contributed by atoms with Crippen LogP contribution in [0.5, 0.6) is 0 Å². The Balaban J connectivity index is 1.81. The zero-order valence-corrected chi connectivity index (χ0v) is 14.3. The molecule has 0 spiro atoms. The Labute approximate surface area is 144 Å². The predicted molar refractivity (Wildman–Crippen MR) is 89.7 cm³/mol. The highest BCUT2D eigenvalue weighted by molar-refractivity contribution is 6.02. The summed E-state index contributed by atoms with van der Waals surface area (Å²) >= 11 is 0. The molecule has 1 aromatic rings. The number of Topliss-reactive ketones (excluding diaryl/α,β-unsaturated/α-hetero) is 1. The molecule has 3 N–H and O–H groups in total. The minimum absolute atomic E-state index is 0.0802. The van der Waals surface area contributed by atoms with Crippen LogP contribution in [0.1, 0.15) is 65.9 Å². The number of carbonyl (C=O) groups excluding carboxylic acids is 2. The number of fused-ring (bicyclic) bond motifs is 1. The smallest absolute Gasteiger partial charge is 0.306 e. The van der Waals surface area contributed by atoms with E-state index in [9.17, 15) is 19.2 Å². The topological polar surface area (TPSA) is 116 Å². The number of carboxylic acid groups (broad SMARTS) is 1. The van der Waals surface area contributed by atoms with Crippen LogP contribution in [0.4, 0.5) is 0 Å². The fourth-order valence-electron chi connectivity index (χ4n) is 3.80. The van der Waals surface area contributed by atoms with Crippen molar-refractivity contribution in [2.75, 3.05) is 0 Å². The number of ketones is 1. The molecule has 7 nitrogen and oxygen atoms in total. The van der Waals surface area contributed by atoms with Gasteiger partial charge in [0.05, 0.1) is 5.92 Å². The molecule has 7 heteroatoms. The van der Waals surface area contributed by atoms with Gasteiger partial charge in [-0.3, -0.25) is 19.2 Å². The predicted octanol–water partition coefficient (Wildman–Crippen LogP) is 1.51. The Morgan fingerprint density at radius 3 is 2.60 bits per heavy atom. The molecule has 3 rings (SSSR count). The number of hydrogen-bond donors (Lipinski definition) is 3. The molecule has 0 aromatic carbocycles. The number of aromatic nitrogens is 1. The van der Waals surface area contributed by atoms with E-state index in [4.69, 9.17) is 5.11 Å². The van der Waals surface area contributed by atoms with Gasteiger partial charge in [-0.05, 0) is 37.2 Å². The minimum atomic E-state index is -0.864. The SMILES string of the molecule is CC1(C)CC(=O)c2cc(C(=O)N[C@H]3CC[C@@H](C(=O)O)C3)c(=O)[nH]c2C1. The lowest BCUT2D eigenvalue weighted by atomic mass is 9.75. The van der Waals surface area contributed by atoms with Crippen molar-refractivity contribution in [3.8, 4) is 0 Å². The van der Waals surface area contributed by atoms with E-state index in [1.54, 1.807) is 0 Å². The standard InChI is InChI=1S/C18H22N2O5/c1-18(2)7-13-11(14(21)8-18)6-12(16(23)20-13)15(22)19-10-4-3-9(5-10)17(24)25/h6,9-10H,3-5,7-8H2,1-2H3,(H,19,22)(H,20,23)(H,24,25)/t9-,10+/m1/s1. The number of carboxylic acids is 1. The summed E-state index contributed by atoms with van der Waals surface area (Å²) in [4.78, 5) is 50.7. The summed E-state index contributed by atoms with van der Waals surface area (Å²) in [7, 11) is 0. The molecule has 0 aliphatic heterocycles. The first kappa shape index (κ1) is 17.4. The quantitative estimate of drug-likeness (QED) is 0.767. The second-order valence-electron chi connectivity index (χ2n) is 7.86. The van der Waals surface area contributed by atoms with Crippen LogP contribution in [0.15, 0.2) is 10.9 Å². The lowest BCUT2D eigenvalue weighted by Gasteiger charge is -2.29. The molecule has 134 valence electrons. The molecule has 2 aliphatic rings. The van der Waals surface area contributed by atoms with Gasteiger partial charge in [-0.25, -0.2) is 0 Å². The molecule has 1 aromatic heterocycles. The van der Waals surface area contributed by atoms with Crippen LogP contribution in [-0.2, 0) is 11.2 Å². The Bertz CT molecular complexity index is 808. The van der Waals surface area contributed by atoms with Gasteiger partial charge in [0.15, 0.2) is 5.78 Å². The van der Waals surface area contributed by atoms with Gasteiger partial charge in [-0.15, -0.1) is 0 Å². The van der Waals surface area contributed by atoms with Gasteiger partial charge in [0.25, 0.3) is 11.5 Å². The van der Waals surface area contributed by atoms with Crippen molar-refractivity contribution < 1.29 is 19.5 Å². The van der Waals surface area contributed by atoms with E-state index in [0.717, 1.165) is 0 Å². The number of hydrogen-bond acceptors (Lipinski definition) is 4. The van der Waals surface area contributed by atoms with E-state index in [-0.39, 0.29) is 22.8 Å². The number of rotatable bonds is 3. The second-order valence-corrected chi connectivity index (χ2v) is 7.86. The maximum Gasteiger partial charge on any atom is 0.306 e. The number of H-pyrrole nitrogens is 1. The maximum absolute atomic E-state index is 12.4. The highest BCUT2D eigenvalue weighted by Crippen LogP contribution is 2.33. The van der Waals surface area contributed by atoms with Crippen LogP contribution in [0.25, 0.3) is 0 Å². The first-order chi connectivity index (χ1) is 11.7. The van der Waals surface area contributed by atoms with Crippen molar-refractivity contribution in [1.29, 1.82) is 0 Å². The Morgan fingerprint density at radius 2 is 1.96 bits per heavy atom. The Kier molecular flexibility index (Phi) is 4.26. The minimum Gasteiger partial charge on any atom is -0.481 e. The largest absolute Gasteiger partial charge is 0.481 e. The number of nitrogens with one attached hydrogen (secondary N) is 2. The summed E-state index contributed by atoms with van der Waals surface area (Å²) in [6.07, 6.45) is 2.38. The molecule has 25 heavy (non-hydrogen) atoms. The molecule has 0 saturated heterocycles. The van der Waals surface area contributed by atoms with E-state index in [1.165, 1.54) is 6.07 Å². The number of carbonyl (C=O) groups is 3. The fourth-order valence-corrected chi connectivity index (χ4v) is 3.80. The van der Waals surface area contributed by atoms with E-state index < -0.39 is 23.4 Å². The first-order valence-electron chi connectivity index (χ1n) is 8.49. The summed E-state index contributed by atoms with van der Waals surface area (Å²) in [6, 6.07) is 1.11. The molecular weight excluding hydrogens is 324 g/mol. The molecule has 0 radical (unpaired) electrons. The second kappa shape index (κ2) is 6.13. The van der Waals surface area contributed by atoms with Gasteiger partial charge < -0.3 is 15.4 Å². The highest BCUT2D eigenvalue weighted by atomic mass is 16.4. The number of aliphatic carboxylic acids is 1. The zero-order chi connectivity index (χ0) is 18.4. The lowest BCUT2D eigenvalue weighted by molar-refractivity contribution is -0.141. The molecule has 1 heterocycles. The zero-order valence-electron chi connectivity index (χ0n) is 14.3. The van der Waals surface area contributed by atoms with Crippen molar-refractivity contribution in [3.63, 3.8) is 0 Å². The average Bonchev–Trinajstić information content (AvgIpc) is 2.93. The van der Waals surface area contributed by atoms with Gasteiger partial charge in [0.1, 0.15) is 5.56 Å². The summed E-state index contributed by atoms with van der Waals surface area (Å²) in [6.45, 7) is 3.93. The summed E-state index contributed by atoms with van der Waals surface area (Å²) in [5.74, 6) is -1.96. The monoisotopic (exact) mass is 346 g/mol. The van der Waals surface area contributed by atoms with Gasteiger partial charge in [0, 0.05) is 23.7 Å². The summed E-state index contributed by atoms with van der Waals surface area (Å²) < 4.78 is 0. The van der Waals surface area contributed by atoms with Crippen LogP contribution in [0.3, 0.4) is 0 Å². The van der Waals surface area contributed by atoms with Crippen LogP contribution in [0, 0.1) is 11.3 Å². The molecule has 2 aliphatic carbocycles.